The summed E-state index contributed by atoms with van der Waals surface area (Å²) >= 11 is 0. The van der Waals surface area contributed by atoms with Gasteiger partial charge in [0.15, 0.2) is 0 Å². The third-order valence-corrected chi connectivity index (χ3v) is 2.86. The predicted molar refractivity (Wildman–Crippen MR) is 67.3 cm³/mol. The van der Waals surface area contributed by atoms with Crippen molar-refractivity contribution in [2.24, 2.45) is 5.73 Å². The van der Waals surface area contributed by atoms with Crippen molar-refractivity contribution in [1.82, 2.24) is 4.90 Å². The summed E-state index contributed by atoms with van der Waals surface area (Å²) in [6, 6.07) is 6.10. The highest BCUT2D eigenvalue weighted by atomic mass is 16.3. The summed E-state index contributed by atoms with van der Waals surface area (Å²) in [5.74, 6) is 1.78. The molecule has 1 aromatic rings. The first-order valence-corrected chi connectivity index (χ1v) is 6.03. The molecule has 0 saturated carbocycles. The van der Waals surface area contributed by atoms with Gasteiger partial charge in [0.1, 0.15) is 11.5 Å². The van der Waals surface area contributed by atoms with Gasteiger partial charge in [-0.05, 0) is 32.5 Å². The number of nitriles is 1. The van der Waals surface area contributed by atoms with Gasteiger partial charge in [0, 0.05) is 19.0 Å². The molecule has 2 N–H and O–H groups in total. The number of hydrogen-bond donors (Lipinski definition) is 1. The monoisotopic (exact) mass is 235 g/mol. The van der Waals surface area contributed by atoms with E-state index in [9.17, 15) is 0 Å². The average molecular weight is 235 g/mol. The summed E-state index contributed by atoms with van der Waals surface area (Å²) in [6.07, 6.45) is 0.511. The molecule has 0 radical (unpaired) electrons. The van der Waals surface area contributed by atoms with Gasteiger partial charge < -0.3 is 10.2 Å². The Labute approximate surface area is 103 Å². The molecule has 4 nitrogen and oxygen atoms in total. The molecule has 0 aromatic carbocycles. The average Bonchev–Trinajstić information content (AvgIpc) is 2.69. The summed E-state index contributed by atoms with van der Waals surface area (Å²) in [7, 11) is 0. The molecule has 0 aliphatic carbocycles. The SMILES string of the molecule is CCN(CCC#N)C(c1ccc(C)o1)C(C)N. The van der Waals surface area contributed by atoms with Crippen molar-refractivity contribution in [3.05, 3.63) is 23.7 Å². The van der Waals surface area contributed by atoms with Crippen LogP contribution in [0.4, 0.5) is 0 Å². The predicted octanol–water partition coefficient (Wildman–Crippen LogP) is 2.21. The van der Waals surface area contributed by atoms with E-state index in [-0.39, 0.29) is 12.1 Å². The second kappa shape index (κ2) is 6.43. The van der Waals surface area contributed by atoms with E-state index in [1.54, 1.807) is 0 Å². The first-order valence-electron chi connectivity index (χ1n) is 6.03. The third kappa shape index (κ3) is 3.58. The van der Waals surface area contributed by atoms with Crippen LogP contribution in [0.1, 0.15) is 37.8 Å². The smallest absolute Gasteiger partial charge is 0.122 e. The molecule has 2 atom stereocenters. The molecule has 0 bridgehead atoms. The minimum Gasteiger partial charge on any atom is -0.465 e. The van der Waals surface area contributed by atoms with Crippen LogP contribution in [0.5, 0.6) is 0 Å². The maximum atomic E-state index is 8.67. The minimum absolute atomic E-state index is 0.0285. The van der Waals surface area contributed by atoms with Gasteiger partial charge in [-0.1, -0.05) is 6.92 Å². The molecule has 2 unspecified atom stereocenters. The van der Waals surface area contributed by atoms with Crippen LogP contribution >= 0.6 is 0 Å². The quantitative estimate of drug-likeness (QED) is 0.821. The highest BCUT2D eigenvalue weighted by molar-refractivity contribution is 5.12. The van der Waals surface area contributed by atoms with Crippen molar-refractivity contribution in [2.75, 3.05) is 13.1 Å². The van der Waals surface area contributed by atoms with Crippen LogP contribution in [0.25, 0.3) is 0 Å². The first-order chi connectivity index (χ1) is 8.10. The van der Waals surface area contributed by atoms with Gasteiger partial charge in [0.05, 0.1) is 12.1 Å². The number of likely N-dealkylation sites (N-methyl/N-ethyl adjacent to an activating group) is 1. The minimum atomic E-state index is -0.0285. The van der Waals surface area contributed by atoms with E-state index in [2.05, 4.69) is 17.9 Å². The van der Waals surface area contributed by atoms with Crippen molar-refractivity contribution in [3.63, 3.8) is 0 Å². The summed E-state index contributed by atoms with van der Waals surface area (Å²) in [5, 5.41) is 8.67. The van der Waals surface area contributed by atoms with Crippen LogP contribution in [0.15, 0.2) is 16.5 Å². The number of nitrogens with zero attached hydrogens (tertiary/aromatic N) is 2. The Morgan fingerprint density at radius 2 is 2.24 bits per heavy atom. The molecule has 4 heteroatoms. The Bertz CT molecular complexity index is 378. The fourth-order valence-corrected chi connectivity index (χ4v) is 2.07. The number of aryl methyl sites for hydroxylation is 1. The van der Waals surface area contributed by atoms with Crippen molar-refractivity contribution < 1.29 is 4.42 Å². The lowest BCUT2D eigenvalue weighted by Gasteiger charge is -2.31. The molecule has 0 saturated heterocycles. The maximum absolute atomic E-state index is 8.67. The largest absolute Gasteiger partial charge is 0.465 e. The maximum Gasteiger partial charge on any atom is 0.122 e. The van der Waals surface area contributed by atoms with Gasteiger partial charge in [-0.3, -0.25) is 4.90 Å². The zero-order valence-corrected chi connectivity index (χ0v) is 10.8. The Morgan fingerprint density at radius 3 is 2.65 bits per heavy atom. The Morgan fingerprint density at radius 1 is 1.53 bits per heavy atom. The summed E-state index contributed by atoms with van der Waals surface area (Å²) in [5.41, 5.74) is 6.04. The van der Waals surface area contributed by atoms with Crippen LogP contribution in [-0.2, 0) is 0 Å². The summed E-state index contributed by atoms with van der Waals surface area (Å²) < 4.78 is 5.67. The highest BCUT2D eigenvalue weighted by Gasteiger charge is 2.25. The molecule has 17 heavy (non-hydrogen) atoms. The van der Waals surface area contributed by atoms with E-state index in [4.69, 9.17) is 15.4 Å². The fourth-order valence-electron chi connectivity index (χ4n) is 2.07. The first kappa shape index (κ1) is 13.8. The zero-order valence-electron chi connectivity index (χ0n) is 10.8. The van der Waals surface area contributed by atoms with Crippen LogP contribution in [0.2, 0.25) is 0 Å². The molecule has 1 rings (SSSR count). The molecular formula is C13H21N3O. The third-order valence-electron chi connectivity index (χ3n) is 2.86. The Balaban J connectivity index is 2.87. The van der Waals surface area contributed by atoms with E-state index in [1.165, 1.54) is 0 Å². The molecule has 94 valence electrons. The lowest BCUT2D eigenvalue weighted by Crippen LogP contribution is -2.39. The normalized spacial score (nSPS) is 14.6. The number of furan rings is 1. The molecule has 0 aliphatic heterocycles. The number of rotatable bonds is 6. The molecule has 0 amide bonds. The number of nitrogens with two attached hydrogens (primary N) is 1. The van der Waals surface area contributed by atoms with Crippen LogP contribution in [0, 0.1) is 18.3 Å². The number of hydrogen-bond acceptors (Lipinski definition) is 4. The lowest BCUT2D eigenvalue weighted by atomic mass is 10.1. The van der Waals surface area contributed by atoms with Gasteiger partial charge in [-0.2, -0.15) is 5.26 Å². The Kier molecular flexibility index (Phi) is 5.20. The molecular weight excluding hydrogens is 214 g/mol. The van der Waals surface area contributed by atoms with E-state index in [0.29, 0.717) is 6.42 Å². The summed E-state index contributed by atoms with van der Waals surface area (Å²) in [4.78, 5) is 2.19. The van der Waals surface area contributed by atoms with E-state index >= 15 is 0 Å². The topological polar surface area (TPSA) is 66.2 Å². The molecule has 0 aliphatic rings. The van der Waals surface area contributed by atoms with Gasteiger partial charge in [0.2, 0.25) is 0 Å². The van der Waals surface area contributed by atoms with Crippen LogP contribution < -0.4 is 5.73 Å². The molecule has 0 spiro atoms. The Hall–Kier alpha value is -1.31. The van der Waals surface area contributed by atoms with Crippen molar-refractivity contribution in [2.45, 2.75) is 39.3 Å². The van der Waals surface area contributed by atoms with Crippen molar-refractivity contribution in [1.29, 1.82) is 5.26 Å². The fraction of sp³-hybridized carbons (Fsp3) is 0.615. The molecule has 1 aromatic heterocycles. The van der Waals surface area contributed by atoms with Crippen molar-refractivity contribution >= 4 is 0 Å². The molecule has 1 heterocycles. The lowest BCUT2D eigenvalue weighted by molar-refractivity contribution is 0.165. The van der Waals surface area contributed by atoms with Crippen LogP contribution in [0.3, 0.4) is 0 Å². The second-order valence-electron chi connectivity index (χ2n) is 4.29. The van der Waals surface area contributed by atoms with Gasteiger partial charge >= 0.3 is 0 Å². The van der Waals surface area contributed by atoms with Crippen molar-refractivity contribution in [3.8, 4) is 6.07 Å². The van der Waals surface area contributed by atoms with Gasteiger partial charge in [-0.25, -0.2) is 0 Å². The highest BCUT2D eigenvalue weighted by Crippen LogP contribution is 2.25. The van der Waals surface area contributed by atoms with Crippen LogP contribution in [-0.4, -0.2) is 24.0 Å². The van der Waals surface area contributed by atoms with E-state index in [0.717, 1.165) is 24.6 Å². The molecule has 0 fully saturated rings. The second-order valence-corrected chi connectivity index (χ2v) is 4.29. The summed E-state index contributed by atoms with van der Waals surface area (Å²) in [6.45, 7) is 7.54. The zero-order chi connectivity index (χ0) is 12.8. The van der Waals surface area contributed by atoms with E-state index < -0.39 is 0 Å². The van der Waals surface area contributed by atoms with Gasteiger partial charge in [0.25, 0.3) is 0 Å². The van der Waals surface area contributed by atoms with E-state index in [1.807, 2.05) is 26.0 Å². The van der Waals surface area contributed by atoms with Gasteiger partial charge in [-0.15, -0.1) is 0 Å². The standard InChI is InChI=1S/C13H21N3O/c1-4-16(9-5-8-14)13(11(3)15)12-7-6-10(2)17-12/h6-7,11,13H,4-5,9,15H2,1-3H3.